The second-order valence-electron chi connectivity index (χ2n) is 10.1. The summed E-state index contributed by atoms with van der Waals surface area (Å²) in [4.78, 5) is 37.5. The van der Waals surface area contributed by atoms with E-state index in [-0.39, 0.29) is 40.6 Å². The van der Waals surface area contributed by atoms with Crippen molar-refractivity contribution in [1.29, 1.82) is 0 Å². The third-order valence-electron chi connectivity index (χ3n) is 7.19. The predicted molar refractivity (Wildman–Crippen MR) is 169 cm³/mol. The maximum atomic E-state index is 12.2. The highest BCUT2D eigenvalue weighted by atomic mass is 16.5. The van der Waals surface area contributed by atoms with E-state index in [2.05, 4.69) is 20.3 Å². The number of carboxylic acids is 2. The fourth-order valence-corrected chi connectivity index (χ4v) is 5.08. The van der Waals surface area contributed by atoms with Crippen molar-refractivity contribution in [2.75, 3.05) is 5.32 Å². The van der Waals surface area contributed by atoms with Gasteiger partial charge in [0.2, 0.25) is 5.95 Å². The molecule has 0 spiro atoms. The van der Waals surface area contributed by atoms with Crippen LogP contribution < -0.4 is 14.8 Å². The Balaban J connectivity index is 1.35. The van der Waals surface area contributed by atoms with Gasteiger partial charge in [0.25, 0.3) is 0 Å². The zero-order chi connectivity index (χ0) is 30.9. The minimum Gasteiger partial charge on any atom is -0.478 e. The molecular formula is C35H22N4O6. The second-order valence-corrected chi connectivity index (χ2v) is 10.1. The van der Waals surface area contributed by atoms with Crippen LogP contribution in [0.3, 0.4) is 0 Å². The third-order valence-corrected chi connectivity index (χ3v) is 7.19. The van der Waals surface area contributed by atoms with Gasteiger partial charge >= 0.3 is 24.0 Å². The summed E-state index contributed by atoms with van der Waals surface area (Å²) in [6, 6.07) is 33.7. The molecule has 0 amide bonds. The van der Waals surface area contributed by atoms with Crippen molar-refractivity contribution < 1.29 is 29.3 Å². The van der Waals surface area contributed by atoms with Crippen LogP contribution >= 0.6 is 0 Å². The summed E-state index contributed by atoms with van der Waals surface area (Å²) in [7, 11) is 0. The Hall–Kier alpha value is -6.55. The quantitative estimate of drug-likeness (QED) is 0.158. The van der Waals surface area contributed by atoms with Crippen LogP contribution in [-0.2, 0) is 0 Å². The predicted octanol–water partition coefficient (Wildman–Crippen LogP) is 8.06. The van der Waals surface area contributed by atoms with Crippen molar-refractivity contribution in [1.82, 2.24) is 15.0 Å². The van der Waals surface area contributed by atoms with Gasteiger partial charge in [0.05, 0.1) is 0 Å². The molecule has 0 atom stereocenters. The second kappa shape index (κ2) is 11.3. The molecular weight excluding hydrogens is 572 g/mol. The molecule has 0 aliphatic heterocycles. The molecule has 0 aliphatic rings. The number of aromatic carboxylic acids is 2. The topological polar surface area (TPSA) is 144 Å². The van der Waals surface area contributed by atoms with Crippen LogP contribution in [0.1, 0.15) is 20.7 Å². The number of carbonyl (C=O) groups is 2. The lowest BCUT2D eigenvalue weighted by atomic mass is 10.1. The van der Waals surface area contributed by atoms with Crippen molar-refractivity contribution in [2.24, 2.45) is 0 Å². The van der Waals surface area contributed by atoms with Crippen molar-refractivity contribution >= 4 is 55.9 Å². The summed E-state index contributed by atoms with van der Waals surface area (Å²) in [5, 5.41) is 27.9. The van der Waals surface area contributed by atoms with Crippen LogP contribution in [0.4, 0.5) is 11.6 Å². The number of carboxylic acid groups (broad SMARTS) is 2. The molecule has 0 fully saturated rings. The Morgan fingerprint density at radius 3 is 1.49 bits per heavy atom. The number of benzene rings is 6. The van der Waals surface area contributed by atoms with Gasteiger partial charge in [0.1, 0.15) is 22.6 Å². The van der Waals surface area contributed by atoms with E-state index in [0.29, 0.717) is 5.69 Å². The van der Waals surface area contributed by atoms with Crippen LogP contribution in [0.25, 0.3) is 32.3 Å². The van der Waals surface area contributed by atoms with E-state index in [4.69, 9.17) is 9.47 Å². The summed E-state index contributed by atoms with van der Waals surface area (Å²) >= 11 is 0. The lowest BCUT2D eigenvalue weighted by Crippen LogP contribution is -2.07. The number of nitrogens with one attached hydrogen (secondary N) is 1. The molecule has 1 aromatic heterocycles. The molecule has 45 heavy (non-hydrogen) atoms. The lowest BCUT2D eigenvalue weighted by molar-refractivity contribution is 0.0683. The van der Waals surface area contributed by atoms with Gasteiger partial charge in [-0.3, -0.25) is 0 Å². The minimum absolute atomic E-state index is 0.00592. The molecule has 6 aromatic carbocycles. The number of fused-ring (bicyclic) bond motifs is 3. The zero-order valence-electron chi connectivity index (χ0n) is 23.3. The number of rotatable bonds is 8. The molecule has 0 radical (unpaired) electrons. The Kier molecular flexibility index (Phi) is 6.83. The molecule has 218 valence electrons. The summed E-state index contributed by atoms with van der Waals surface area (Å²) in [6.07, 6.45) is 0. The number of hydrogen-bond acceptors (Lipinski definition) is 8. The third kappa shape index (κ3) is 5.51. The van der Waals surface area contributed by atoms with E-state index in [0.717, 1.165) is 32.3 Å². The first-order valence-corrected chi connectivity index (χ1v) is 13.8. The molecule has 7 rings (SSSR count). The maximum absolute atomic E-state index is 12.2. The van der Waals surface area contributed by atoms with Crippen LogP contribution in [0.5, 0.6) is 23.5 Å². The smallest absolute Gasteiger partial charge is 0.339 e. The van der Waals surface area contributed by atoms with E-state index in [1.807, 2.05) is 78.9 Å². The van der Waals surface area contributed by atoms with Crippen LogP contribution in [0.2, 0.25) is 0 Å². The van der Waals surface area contributed by atoms with Crippen LogP contribution in [0, 0.1) is 0 Å². The SMILES string of the molecule is O=C(O)c1cc2ccccc2cc1Oc1nc(Nc2cccc3ccccc23)nc(Oc2cc3ccccc3cc2C(=O)O)n1. The number of ether oxygens (including phenoxy) is 2. The summed E-state index contributed by atoms with van der Waals surface area (Å²) in [5.41, 5.74) is 0.496. The number of hydrogen-bond donors (Lipinski definition) is 3. The maximum Gasteiger partial charge on any atom is 0.339 e. The lowest BCUT2D eigenvalue weighted by Gasteiger charge is -2.14. The molecule has 0 unspecified atom stereocenters. The molecule has 0 aliphatic carbocycles. The van der Waals surface area contributed by atoms with E-state index in [9.17, 15) is 19.8 Å². The standard InChI is InChI=1S/C35H22N4O6/c40-31(41)26-16-21-9-1-3-11-23(21)18-29(26)44-34-37-33(36-28-15-7-13-20-8-5-6-14-25(20)28)38-35(39-34)45-30-19-24-12-4-2-10-22(24)17-27(30)32(42)43/h1-19H,(H,40,41)(H,42,43)(H,36,37,38,39). The Bertz CT molecular complexity index is 2170. The molecule has 3 N–H and O–H groups in total. The van der Waals surface area contributed by atoms with E-state index in [1.165, 1.54) is 12.1 Å². The van der Waals surface area contributed by atoms with E-state index in [1.54, 1.807) is 24.3 Å². The summed E-state index contributed by atoms with van der Waals surface area (Å²) in [6.45, 7) is 0. The fourth-order valence-electron chi connectivity index (χ4n) is 5.08. The first kappa shape index (κ1) is 27.3. The monoisotopic (exact) mass is 594 g/mol. The van der Waals surface area contributed by atoms with Gasteiger partial charge in [0, 0.05) is 11.1 Å². The molecule has 0 saturated carbocycles. The van der Waals surface area contributed by atoms with E-state index >= 15 is 0 Å². The largest absolute Gasteiger partial charge is 0.478 e. The minimum atomic E-state index is -1.20. The highest BCUT2D eigenvalue weighted by Gasteiger charge is 2.20. The van der Waals surface area contributed by atoms with E-state index < -0.39 is 11.9 Å². The summed E-state index contributed by atoms with van der Waals surface area (Å²) in [5.74, 6) is -2.35. The van der Waals surface area contributed by atoms with Crippen molar-refractivity contribution in [3.63, 3.8) is 0 Å². The molecule has 7 aromatic rings. The van der Waals surface area contributed by atoms with Gasteiger partial charge in [-0.1, -0.05) is 84.9 Å². The average molecular weight is 595 g/mol. The zero-order valence-corrected chi connectivity index (χ0v) is 23.3. The van der Waals surface area contributed by atoms with Gasteiger partial charge in [-0.05, 0) is 57.3 Å². The molecule has 10 nitrogen and oxygen atoms in total. The van der Waals surface area contributed by atoms with Gasteiger partial charge in [-0.2, -0.15) is 9.97 Å². The molecule has 1 heterocycles. The fraction of sp³-hybridized carbons (Fsp3) is 0. The van der Waals surface area contributed by atoms with Gasteiger partial charge in [-0.15, -0.1) is 4.98 Å². The Morgan fingerprint density at radius 1 is 0.533 bits per heavy atom. The molecule has 10 heteroatoms. The number of nitrogens with zero attached hydrogens (tertiary/aromatic N) is 3. The van der Waals surface area contributed by atoms with Crippen molar-refractivity contribution in [3.05, 3.63) is 126 Å². The Morgan fingerprint density at radius 2 is 0.978 bits per heavy atom. The molecule has 0 saturated heterocycles. The highest BCUT2D eigenvalue weighted by molar-refractivity contribution is 5.99. The average Bonchev–Trinajstić information content (AvgIpc) is 3.04. The normalized spacial score (nSPS) is 11.0. The number of anilines is 2. The first-order chi connectivity index (χ1) is 21.9. The Labute approximate surface area is 255 Å². The summed E-state index contributed by atoms with van der Waals surface area (Å²) < 4.78 is 12.0. The number of aromatic nitrogens is 3. The van der Waals surface area contributed by atoms with Crippen LogP contribution in [0.15, 0.2) is 115 Å². The van der Waals surface area contributed by atoms with Gasteiger partial charge in [0.15, 0.2) is 0 Å². The van der Waals surface area contributed by atoms with Gasteiger partial charge < -0.3 is 25.0 Å². The van der Waals surface area contributed by atoms with Crippen LogP contribution in [-0.4, -0.2) is 37.1 Å². The van der Waals surface area contributed by atoms with Crippen molar-refractivity contribution in [2.45, 2.75) is 0 Å². The highest BCUT2D eigenvalue weighted by Crippen LogP contribution is 2.34. The first-order valence-electron chi connectivity index (χ1n) is 13.8. The van der Waals surface area contributed by atoms with Gasteiger partial charge in [-0.25, -0.2) is 9.59 Å². The molecule has 0 bridgehead atoms. The van der Waals surface area contributed by atoms with Crippen molar-refractivity contribution in [3.8, 4) is 23.5 Å².